The summed E-state index contributed by atoms with van der Waals surface area (Å²) in [6, 6.07) is 7.42. The molecule has 0 spiro atoms. The Labute approximate surface area is 171 Å². The van der Waals surface area contributed by atoms with Gasteiger partial charge in [-0.3, -0.25) is 9.59 Å². The van der Waals surface area contributed by atoms with Gasteiger partial charge in [0.2, 0.25) is 5.91 Å². The monoisotopic (exact) mass is 414 g/mol. The number of hydrogen-bond acceptors (Lipinski definition) is 6. The van der Waals surface area contributed by atoms with Crippen molar-refractivity contribution in [2.75, 3.05) is 11.9 Å². The van der Waals surface area contributed by atoms with Gasteiger partial charge in [0, 0.05) is 29.6 Å². The number of benzene rings is 1. The number of carbonyl (C=O) groups is 2. The number of fused-ring (bicyclic) bond motifs is 1. The molecule has 152 valence electrons. The molecular formula is C20H22N4O4S. The number of ether oxygens (including phenoxy) is 1. The Morgan fingerprint density at radius 2 is 2.00 bits per heavy atom. The molecule has 0 atom stereocenters. The average molecular weight is 414 g/mol. The summed E-state index contributed by atoms with van der Waals surface area (Å²) in [6.07, 6.45) is 1.07. The number of nitrogens with one attached hydrogen (secondary N) is 2. The second kappa shape index (κ2) is 8.04. The Morgan fingerprint density at radius 3 is 2.72 bits per heavy atom. The Bertz CT molecular complexity index is 1130. The Morgan fingerprint density at radius 1 is 1.24 bits per heavy atom. The molecule has 29 heavy (non-hydrogen) atoms. The molecule has 1 aromatic carbocycles. The summed E-state index contributed by atoms with van der Waals surface area (Å²) in [5, 5.41) is 8.69. The molecule has 2 aromatic heterocycles. The molecule has 0 aliphatic carbocycles. The Hall–Kier alpha value is -3.20. The third-order valence-electron chi connectivity index (χ3n) is 3.92. The lowest BCUT2D eigenvalue weighted by molar-refractivity contribution is -0.115. The lowest BCUT2D eigenvalue weighted by Crippen LogP contribution is -2.37. The van der Waals surface area contributed by atoms with Gasteiger partial charge in [0.1, 0.15) is 12.1 Å². The molecule has 2 amide bonds. The second-order valence-corrected chi connectivity index (χ2v) is 8.33. The molecule has 2 N–H and O–H groups in total. The molecule has 0 bridgehead atoms. The number of rotatable bonds is 4. The quantitative estimate of drug-likeness (QED) is 0.683. The predicted octanol–water partition coefficient (Wildman–Crippen LogP) is 3.13. The van der Waals surface area contributed by atoms with Crippen molar-refractivity contribution in [3.8, 4) is 11.3 Å². The van der Waals surface area contributed by atoms with Gasteiger partial charge in [-0.05, 0) is 38.3 Å². The standard InChI is InChI=1S/C20H22N4O4S/c1-20(2,3)28-19(27)21-10-16(25)23-18-22-15(11-29-18)13-6-5-12-7-8-24(4)17(26)14(12)9-13/h5-9,11H,10H2,1-4H3,(H,21,27)(H,22,23,25). The van der Waals surface area contributed by atoms with Crippen LogP contribution in [0.25, 0.3) is 22.0 Å². The fraction of sp³-hybridized carbons (Fsp3) is 0.300. The summed E-state index contributed by atoms with van der Waals surface area (Å²) in [5.41, 5.74) is 0.718. The van der Waals surface area contributed by atoms with Crippen molar-refractivity contribution in [2.24, 2.45) is 7.05 Å². The highest BCUT2D eigenvalue weighted by Crippen LogP contribution is 2.26. The van der Waals surface area contributed by atoms with Crippen molar-refractivity contribution >= 4 is 39.2 Å². The molecule has 0 saturated carbocycles. The summed E-state index contributed by atoms with van der Waals surface area (Å²) in [6.45, 7) is 5.00. The van der Waals surface area contributed by atoms with Crippen molar-refractivity contribution in [2.45, 2.75) is 26.4 Å². The van der Waals surface area contributed by atoms with E-state index in [1.807, 2.05) is 18.2 Å². The summed E-state index contributed by atoms with van der Waals surface area (Å²) in [7, 11) is 1.70. The number of hydrogen-bond donors (Lipinski definition) is 2. The van der Waals surface area contributed by atoms with Gasteiger partial charge in [0.05, 0.1) is 5.69 Å². The highest BCUT2D eigenvalue weighted by atomic mass is 32.1. The number of pyridine rings is 1. The van der Waals surface area contributed by atoms with E-state index in [4.69, 9.17) is 4.74 Å². The first-order valence-corrected chi connectivity index (χ1v) is 9.82. The number of thiazole rings is 1. The third-order valence-corrected chi connectivity index (χ3v) is 4.68. The van der Waals surface area contributed by atoms with E-state index in [0.29, 0.717) is 16.2 Å². The first-order chi connectivity index (χ1) is 13.6. The van der Waals surface area contributed by atoms with Crippen molar-refractivity contribution in [1.29, 1.82) is 0 Å². The number of aromatic nitrogens is 2. The van der Waals surface area contributed by atoms with Gasteiger partial charge in [-0.1, -0.05) is 12.1 Å². The van der Waals surface area contributed by atoms with Crippen molar-refractivity contribution in [3.63, 3.8) is 0 Å². The van der Waals surface area contributed by atoms with E-state index in [0.717, 1.165) is 10.9 Å². The first-order valence-electron chi connectivity index (χ1n) is 8.94. The summed E-state index contributed by atoms with van der Waals surface area (Å²) in [5.74, 6) is -0.413. The van der Waals surface area contributed by atoms with E-state index in [-0.39, 0.29) is 12.1 Å². The van der Waals surface area contributed by atoms with Gasteiger partial charge < -0.3 is 19.9 Å². The van der Waals surface area contributed by atoms with Crippen LogP contribution in [-0.2, 0) is 16.6 Å². The summed E-state index contributed by atoms with van der Waals surface area (Å²) < 4.78 is 6.61. The van der Waals surface area contributed by atoms with Gasteiger partial charge >= 0.3 is 6.09 Å². The maximum Gasteiger partial charge on any atom is 0.408 e. The van der Waals surface area contributed by atoms with Crippen LogP contribution in [0.5, 0.6) is 0 Å². The minimum atomic E-state index is -0.662. The number of alkyl carbamates (subject to hydrolysis) is 1. The third kappa shape index (κ3) is 5.20. The molecule has 0 fully saturated rings. The number of carbonyl (C=O) groups excluding carboxylic acids is 2. The van der Waals surface area contributed by atoms with Crippen molar-refractivity contribution in [3.05, 3.63) is 46.2 Å². The van der Waals surface area contributed by atoms with Gasteiger partial charge in [-0.15, -0.1) is 11.3 Å². The molecule has 3 aromatic rings. The molecule has 8 nitrogen and oxygen atoms in total. The zero-order valence-electron chi connectivity index (χ0n) is 16.6. The van der Waals surface area contributed by atoms with Crippen LogP contribution in [0.4, 0.5) is 9.93 Å². The number of amides is 2. The van der Waals surface area contributed by atoms with Crippen LogP contribution in [0.2, 0.25) is 0 Å². The van der Waals surface area contributed by atoms with Gasteiger partial charge in [0.25, 0.3) is 5.56 Å². The fourth-order valence-corrected chi connectivity index (χ4v) is 3.33. The van der Waals surface area contributed by atoms with E-state index in [1.54, 1.807) is 45.5 Å². The highest BCUT2D eigenvalue weighted by Gasteiger charge is 2.17. The molecule has 0 radical (unpaired) electrons. The smallest absolute Gasteiger partial charge is 0.408 e. The van der Waals surface area contributed by atoms with Crippen molar-refractivity contribution in [1.82, 2.24) is 14.9 Å². The molecular weight excluding hydrogens is 392 g/mol. The molecule has 3 rings (SSSR count). The molecule has 0 unspecified atom stereocenters. The second-order valence-electron chi connectivity index (χ2n) is 7.48. The maximum absolute atomic E-state index is 12.3. The van der Waals surface area contributed by atoms with E-state index < -0.39 is 17.6 Å². The lowest BCUT2D eigenvalue weighted by atomic mass is 10.1. The Kier molecular flexibility index (Phi) is 5.69. The van der Waals surface area contributed by atoms with Gasteiger partial charge in [-0.2, -0.15) is 0 Å². The minimum absolute atomic E-state index is 0.0821. The first kappa shape index (κ1) is 20.5. The average Bonchev–Trinajstić information content (AvgIpc) is 3.10. The van der Waals surface area contributed by atoms with E-state index in [1.165, 1.54) is 15.9 Å². The summed E-state index contributed by atoms with van der Waals surface area (Å²) >= 11 is 1.26. The van der Waals surface area contributed by atoms with E-state index >= 15 is 0 Å². The molecule has 2 heterocycles. The molecule has 9 heteroatoms. The highest BCUT2D eigenvalue weighted by molar-refractivity contribution is 7.14. The SMILES string of the molecule is Cn1ccc2ccc(-c3csc(NC(=O)CNC(=O)OC(C)(C)C)n3)cc2c1=O. The van der Waals surface area contributed by atoms with Crippen LogP contribution < -0.4 is 16.2 Å². The molecule has 0 aliphatic heterocycles. The van der Waals surface area contributed by atoms with E-state index in [9.17, 15) is 14.4 Å². The minimum Gasteiger partial charge on any atom is -0.444 e. The van der Waals surface area contributed by atoms with Crippen LogP contribution >= 0.6 is 11.3 Å². The zero-order valence-corrected chi connectivity index (χ0v) is 17.4. The van der Waals surface area contributed by atoms with Crippen LogP contribution in [0, 0.1) is 0 Å². The lowest BCUT2D eigenvalue weighted by Gasteiger charge is -2.19. The predicted molar refractivity (Wildman–Crippen MR) is 113 cm³/mol. The fourth-order valence-electron chi connectivity index (χ4n) is 2.59. The summed E-state index contributed by atoms with van der Waals surface area (Å²) in [4.78, 5) is 40.4. The Balaban J connectivity index is 1.67. The van der Waals surface area contributed by atoms with Crippen LogP contribution in [0.1, 0.15) is 20.8 Å². The van der Waals surface area contributed by atoms with Crippen LogP contribution in [0.15, 0.2) is 40.6 Å². The molecule has 0 saturated heterocycles. The van der Waals surface area contributed by atoms with Crippen molar-refractivity contribution < 1.29 is 14.3 Å². The van der Waals surface area contributed by atoms with Crippen LogP contribution in [0.3, 0.4) is 0 Å². The number of aryl methyl sites for hydroxylation is 1. The zero-order chi connectivity index (χ0) is 21.2. The molecule has 0 aliphatic rings. The normalized spacial score (nSPS) is 11.3. The number of anilines is 1. The largest absolute Gasteiger partial charge is 0.444 e. The van der Waals surface area contributed by atoms with E-state index in [2.05, 4.69) is 15.6 Å². The number of nitrogens with zero attached hydrogens (tertiary/aromatic N) is 2. The topological polar surface area (TPSA) is 102 Å². The van der Waals surface area contributed by atoms with Crippen LogP contribution in [-0.4, -0.2) is 33.7 Å². The van der Waals surface area contributed by atoms with Gasteiger partial charge in [-0.25, -0.2) is 9.78 Å². The maximum atomic E-state index is 12.3. The van der Waals surface area contributed by atoms with Gasteiger partial charge in [0.15, 0.2) is 5.13 Å².